The van der Waals surface area contributed by atoms with Crippen LogP contribution >= 0.6 is 0 Å². The van der Waals surface area contributed by atoms with Crippen LogP contribution < -0.4 is 5.32 Å². The zero-order valence-corrected chi connectivity index (χ0v) is 14.6. The molecule has 0 aromatic rings. The molecule has 0 aromatic carbocycles. The molecule has 1 N–H and O–H groups in total. The van der Waals surface area contributed by atoms with Crippen molar-refractivity contribution in [3.05, 3.63) is 0 Å². The third kappa shape index (κ3) is 3.31. The summed E-state index contributed by atoms with van der Waals surface area (Å²) >= 11 is 0. The highest BCUT2D eigenvalue weighted by Gasteiger charge is 2.55. The summed E-state index contributed by atoms with van der Waals surface area (Å²) < 4.78 is 11.4. The second-order valence-corrected chi connectivity index (χ2v) is 6.57. The molecular weight excluding hydrogens is 280 g/mol. The highest BCUT2D eigenvalue weighted by molar-refractivity contribution is 5.77. The number of nitrogens with one attached hydrogen (secondary N) is 1. The Morgan fingerprint density at radius 2 is 2.09 bits per heavy atom. The van der Waals surface area contributed by atoms with Crippen LogP contribution in [0.25, 0.3) is 0 Å². The largest absolute Gasteiger partial charge is 0.378 e. The van der Waals surface area contributed by atoms with Crippen LogP contribution in [0.2, 0.25) is 0 Å². The first-order chi connectivity index (χ1) is 10.6. The van der Waals surface area contributed by atoms with Gasteiger partial charge in [-0.1, -0.05) is 13.8 Å². The highest BCUT2D eigenvalue weighted by Crippen LogP contribution is 2.51. The number of hydrogen-bond donors (Lipinski definition) is 1. The van der Waals surface area contributed by atoms with Crippen LogP contribution in [-0.4, -0.2) is 62.4 Å². The van der Waals surface area contributed by atoms with Crippen molar-refractivity contribution in [3.8, 4) is 0 Å². The van der Waals surface area contributed by atoms with Crippen LogP contribution in [0.5, 0.6) is 0 Å². The van der Waals surface area contributed by atoms with E-state index in [1.807, 2.05) is 18.9 Å². The van der Waals surface area contributed by atoms with E-state index in [0.29, 0.717) is 25.2 Å². The molecule has 0 bridgehead atoms. The van der Waals surface area contributed by atoms with Crippen LogP contribution in [0.4, 0.5) is 0 Å². The Morgan fingerprint density at radius 1 is 1.36 bits per heavy atom. The quantitative estimate of drug-likeness (QED) is 0.779. The van der Waals surface area contributed by atoms with Gasteiger partial charge in [0.15, 0.2) is 0 Å². The van der Waals surface area contributed by atoms with Crippen molar-refractivity contribution in [2.75, 3.05) is 33.4 Å². The van der Waals surface area contributed by atoms with Gasteiger partial charge in [-0.05, 0) is 26.2 Å². The summed E-state index contributed by atoms with van der Waals surface area (Å²) in [5.41, 5.74) is 0.122. The zero-order chi connectivity index (χ0) is 16.2. The lowest BCUT2D eigenvalue weighted by atomic mass is 9.58. The van der Waals surface area contributed by atoms with Crippen LogP contribution in [0, 0.1) is 5.41 Å². The van der Waals surface area contributed by atoms with Crippen LogP contribution in [-0.2, 0) is 14.3 Å². The minimum Gasteiger partial charge on any atom is -0.378 e. The fourth-order valence-corrected chi connectivity index (χ4v) is 4.16. The molecule has 3 unspecified atom stereocenters. The van der Waals surface area contributed by atoms with Crippen molar-refractivity contribution in [1.82, 2.24) is 10.2 Å². The summed E-state index contributed by atoms with van der Waals surface area (Å²) in [6.07, 6.45) is 3.90. The van der Waals surface area contributed by atoms with Gasteiger partial charge in [0.05, 0.1) is 19.3 Å². The molecule has 0 spiro atoms. The Balaban J connectivity index is 1.95. The number of morpholine rings is 1. The normalized spacial score (nSPS) is 30.6. The fourth-order valence-electron chi connectivity index (χ4n) is 4.16. The topological polar surface area (TPSA) is 50.8 Å². The molecule has 5 heteroatoms. The van der Waals surface area contributed by atoms with Crippen LogP contribution in [0.3, 0.4) is 0 Å². The molecule has 128 valence electrons. The first-order valence-corrected chi connectivity index (χ1v) is 8.77. The Kier molecular flexibility index (Phi) is 6.24. The summed E-state index contributed by atoms with van der Waals surface area (Å²) in [5, 5.41) is 3.36. The van der Waals surface area contributed by atoms with Gasteiger partial charge in [0, 0.05) is 44.1 Å². The first kappa shape index (κ1) is 17.7. The summed E-state index contributed by atoms with van der Waals surface area (Å²) in [4.78, 5) is 14.6. The maximum Gasteiger partial charge on any atom is 0.224 e. The Labute approximate surface area is 134 Å². The van der Waals surface area contributed by atoms with E-state index in [4.69, 9.17) is 9.47 Å². The van der Waals surface area contributed by atoms with Gasteiger partial charge in [0.2, 0.25) is 5.91 Å². The van der Waals surface area contributed by atoms with E-state index in [0.717, 1.165) is 39.0 Å². The van der Waals surface area contributed by atoms with Crippen molar-refractivity contribution < 1.29 is 14.3 Å². The lowest BCUT2D eigenvalue weighted by Crippen LogP contribution is -2.65. The number of carbonyl (C=O) groups is 1. The van der Waals surface area contributed by atoms with E-state index in [9.17, 15) is 4.79 Å². The third-order valence-corrected chi connectivity index (χ3v) is 5.71. The van der Waals surface area contributed by atoms with E-state index >= 15 is 0 Å². The molecule has 3 atom stereocenters. The second-order valence-electron chi connectivity index (χ2n) is 6.57. The number of carbonyl (C=O) groups excluding carboxylic acids is 1. The van der Waals surface area contributed by atoms with Gasteiger partial charge in [-0.25, -0.2) is 0 Å². The molecule has 1 aliphatic heterocycles. The molecule has 22 heavy (non-hydrogen) atoms. The van der Waals surface area contributed by atoms with Crippen molar-refractivity contribution in [2.45, 2.75) is 64.6 Å². The summed E-state index contributed by atoms with van der Waals surface area (Å²) in [5.74, 6) is 0.217. The van der Waals surface area contributed by atoms with Crippen molar-refractivity contribution in [3.63, 3.8) is 0 Å². The maximum absolute atomic E-state index is 12.6. The molecule has 1 aliphatic carbocycles. The second kappa shape index (κ2) is 7.75. The molecule has 2 fully saturated rings. The predicted molar refractivity (Wildman–Crippen MR) is 86.8 cm³/mol. The van der Waals surface area contributed by atoms with E-state index in [-0.39, 0.29) is 17.4 Å². The molecule has 0 radical (unpaired) electrons. The lowest BCUT2D eigenvalue weighted by molar-refractivity contribution is -0.177. The standard InChI is InChI=1S/C17H32N2O3/c1-5-17(6-2)14(11-15(17)22-7-3)19(4)16(20)10-13-12-21-9-8-18-13/h13-15,18H,5-12H2,1-4H3. The van der Waals surface area contributed by atoms with Crippen molar-refractivity contribution >= 4 is 5.91 Å². The van der Waals surface area contributed by atoms with E-state index in [1.54, 1.807) is 0 Å². The van der Waals surface area contributed by atoms with Gasteiger partial charge < -0.3 is 19.7 Å². The van der Waals surface area contributed by atoms with E-state index in [1.165, 1.54) is 0 Å². The maximum atomic E-state index is 12.6. The molecule has 5 nitrogen and oxygen atoms in total. The number of ether oxygens (including phenoxy) is 2. The number of hydrogen-bond acceptors (Lipinski definition) is 4. The fraction of sp³-hybridized carbons (Fsp3) is 0.941. The Bertz CT molecular complexity index is 365. The van der Waals surface area contributed by atoms with E-state index in [2.05, 4.69) is 19.2 Å². The lowest BCUT2D eigenvalue weighted by Gasteiger charge is -2.58. The zero-order valence-electron chi connectivity index (χ0n) is 14.6. The molecule has 2 rings (SSSR count). The predicted octanol–water partition coefficient (Wildman–Crippen LogP) is 1.81. The molecule has 1 amide bonds. The third-order valence-electron chi connectivity index (χ3n) is 5.71. The van der Waals surface area contributed by atoms with Crippen LogP contribution in [0.15, 0.2) is 0 Å². The van der Waals surface area contributed by atoms with Gasteiger partial charge in [0.25, 0.3) is 0 Å². The summed E-state index contributed by atoms with van der Waals surface area (Å²) in [6.45, 7) is 9.46. The first-order valence-electron chi connectivity index (χ1n) is 8.77. The smallest absolute Gasteiger partial charge is 0.224 e. The van der Waals surface area contributed by atoms with Gasteiger partial charge in [0.1, 0.15) is 0 Å². The Hall–Kier alpha value is -0.650. The number of nitrogens with zero attached hydrogens (tertiary/aromatic N) is 1. The SMILES string of the molecule is CCOC1CC(N(C)C(=O)CC2COCCN2)C1(CC)CC. The molecule has 2 aliphatic rings. The Morgan fingerprint density at radius 3 is 2.64 bits per heavy atom. The summed E-state index contributed by atoms with van der Waals surface area (Å²) in [7, 11) is 1.96. The minimum atomic E-state index is 0.122. The number of rotatable bonds is 7. The number of amides is 1. The van der Waals surface area contributed by atoms with Crippen LogP contribution in [0.1, 0.15) is 46.5 Å². The molecule has 0 aromatic heterocycles. The summed E-state index contributed by atoms with van der Waals surface area (Å²) in [6, 6.07) is 0.458. The van der Waals surface area contributed by atoms with Gasteiger partial charge in [-0.15, -0.1) is 0 Å². The average molecular weight is 312 g/mol. The minimum absolute atomic E-state index is 0.122. The molecule has 1 heterocycles. The van der Waals surface area contributed by atoms with Gasteiger partial charge in [-0.3, -0.25) is 4.79 Å². The molecule has 1 saturated heterocycles. The average Bonchev–Trinajstić information content (AvgIpc) is 2.53. The van der Waals surface area contributed by atoms with Gasteiger partial charge in [-0.2, -0.15) is 0 Å². The van der Waals surface area contributed by atoms with Gasteiger partial charge >= 0.3 is 0 Å². The van der Waals surface area contributed by atoms with Crippen molar-refractivity contribution in [2.24, 2.45) is 5.41 Å². The van der Waals surface area contributed by atoms with E-state index < -0.39 is 0 Å². The monoisotopic (exact) mass is 312 g/mol. The van der Waals surface area contributed by atoms with Crippen molar-refractivity contribution in [1.29, 1.82) is 0 Å². The highest BCUT2D eigenvalue weighted by atomic mass is 16.5. The molecule has 1 saturated carbocycles. The molecular formula is C17H32N2O3.